The number of carboxylic acids is 1. The number of hydrogen-bond acceptors (Lipinski definition) is 5. The molecule has 2 aromatic rings. The Morgan fingerprint density at radius 1 is 1.25 bits per heavy atom. The van der Waals surface area contributed by atoms with E-state index in [0.29, 0.717) is 23.8 Å². The van der Waals surface area contributed by atoms with Gasteiger partial charge >= 0.3 is 12.0 Å². The maximum atomic E-state index is 11.6. The second-order valence-corrected chi connectivity index (χ2v) is 5.60. The van der Waals surface area contributed by atoms with Crippen molar-refractivity contribution in [2.45, 2.75) is 32.6 Å². The standard InChI is InChI=1S/C16H20N4O4/c1-10(2)15-19-13(24-20-15)9-11-3-5-12(6-4-11)18-16(23)17-8-7-14(21)22/h3-6,10H,7-9H2,1-2H3,(H,21,22)(H2,17,18,23). The maximum Gasteiger partial charge on any atom is 0.319 e. The Labute approximate surface area is 139 Å². The van der Waals surface area contributed by atoms with E-state index < -0.39 is 12.0 Å². The first kappa shape index (κ1) is 17.5. The molecule has 0 saturated carbocycles. The summed E-state index contributed by atoms with van der Waals surface area (Å²) in [7, 11) is 0. The molecule has 0 radical (unpaired) electrons. The van der Waals surface area contributed by atoms with Crippen molar-refractivity contribution in [2.75, 3.05) is 11.9 Å². The normalized spacial score (nSPS) is 10.6. The fraction of sp³-hybridized carbons (Fsp3) is 0.375. The summed E-state index contributed by atoms with van der Waals surface area (Å²) in [5, 5.41) is 17.5. The smallest absolute Gasteiger partial charge is 0.319 e. The SMILES string of the molecule is CC(C)c1noc(Cc2ccc(NC(=O)NCCC(=O)O)cc2)n1. The second-order valence-electron chi connectivity index (χ2n) is 5.60. The molecule has 128 valence electrons. The summed E-state index contributed by atoms with van der Waals surface area (Å²) >= 11 is 0. The van der Waals surface area contributed by atoms with Crippen LogP contribution in [0.25, 0.3) is 0 Å². The van der Waals surface area contributed by atoms with Gasteiger partial charge in [0.2, 0.25) is 5.89 Å². The molecule has 2 amide bonds. The van der Waals surface area contributed by atoms with E-state index in [0.717, 1.165) is 5.56 Å². The Morgan fingerprint density at radius 2 is 1.96 bits per heavy atom. The highest BCUT2D eigenvalue weighted by atomic mass is 16.5. The van der Waals surface area contributed by atoms with E-state index in [1.807, 2.05) is 26.0 Å². The third-order valence-electron chi connectivity index (χ3n) is 3.19. The number of nitrogens with zero attached hydrogens (tertiary/aromatic N) is 2. The summed E-state index contributed by atoms with van der Waals surface area (Å²) in [5.41, 5.74) is 1.59. The molecule has 0 aliphatic carbocycles. The van der Waals surface area contributed by atoms with E-state index in [9.17, 15) is 9.59 Å². The Morgan fingerprint density at radius 3 is 2.54 bits per heavy atom. The lowest BCUT2D eigenvalue weighted by molar-refractivity contribution is -0.136. The van der Waals surface area contributed by atoms with Gasteiger partial charge in [-0.2, -0.15) is 4.98 Å². The van der Waals surface area contributed by atoms with Gasteiger partial charge in [0.25, 0.3) is 0 Å². The first-order chi connectivity index (χ1) is 11.4. The molecule has 0 fully saturated rings. The van der Waals surface area contributed by atoms with Crippen LogP contribution in [0.3, 0.4) is 0 Å². The molecule has 2 rings (SSSR count). The lowest BCUT2D eigenvalue weighted by Gasteiger charge is -2.07. The zero-order chi connectivity index (χ0) is 17.5. The molecule has 8 nitrogen and oxygen atoms in total. The number of amides is 2. The summed E-state index contributed by atoms with van der Waals surface area (Å²) in [6.45, 7) is 4.07. The van der Waals surface area contributed by atoms with Crippen LogP contribution < -0.4 is 10.6 Å². The van der Waals surface area contributed by atoms with Crippen molar-refractivity contribution >= 4 is 17.7 Å². The largest absolute Gasteiger partial charge is 0.481 e. The molecular weight excluding hydrogens is 312 g/mol. The van der Waals surface area contributed by atoms with Crippen LogP contribution in [0.15, 0.2) is 28.8 Å². The molecule has 1 aromatic carbocycles. The number of carbonyl (C=O) groups is 2. The van der Waals surface area contributed by atoms with Gasteiger partial charge in [-0.1, -0.05) is 31.1 Å². The molecule has 0 aliphatic heterocycles. The van der Waals surface area contributed by atoms with Gasteiger partial charge in [-0.05, 0) is 17.7 Å². The molecule has 0 aliphatic rings. The number of urea groups is 1. The van der Waals surface area contributed by atoms with Crippen LogP contribution in [-0.2, 0) is 11.2 Å². The molecule has 1 aromatic heterocycles. The van der Waals surface area contributed by atoms with Crippen molar-refractivity contribution in [2.24, 2.45) is 0 Å². The summed E-state index contributed by atoms with van der Waals surface area (Å²) in [4.78, 5) is 26.3. The number of carboxylic acid groups (broad SMARTS) is 1. The van der Waals surface area contributed by atoms with Crippen LogP contribution >= 0.6 is 0 Å². The molecule has 1 heterocycles. The highest BCUT2D eigenvalue weighted by Crippen LogP contribution is 2.15. The molecule has 0 atom stereocenters. The fourth-order valence-corrected chi connectivity index (χ4v) is 1.91. The zero-order valence-electron chi connectivity index (χ0n) is 13.6. The molecule has 0 saturated heterocycles. The van der Waals surface area contributed by atoms with Crippen LogP contribution in [0.2, 0.25) is 0 Å². The van der Waals surface area contributed by atoms with Gasteiger partial charge in [0.05, 0.1) is 12.8 Å². The summed E-state index contributed by atoms with van der Waals surface area (Å²) in [5.74, 6) is 0.488. The van der Waals surface area contributed by atoms with E-state index in [4.69, 9.17) is 9.63 Å². The summed E-state index contributed by atoms with van der Waals surface area (Å²) in [6.07, 6.45) is 0.402. The summed E-state index contributed by atoms with van der Waals surface area (Å²) < 4.78 is 5.20. The Hall–Kier alpha value is -2.90. The second kappa shape index (κ2) is 8.09. The van der Waals surface area contributed by atoms with Crippen molar-refractivity contribution < 1.29 is 19.2 Å². The predicted octanol–water partition coefficient (Wildman–Crippen LogP) is 2.38. The van der Waals surface area contributed by atoms with Crippen LogP contribution in [0.5, 0.6) is 0 Å². The van der Waals surface area contributed by atoms with Crippen LogP contribution in [0.4, 0.5) is 10.5 Å². The third kappa shape index (κ3) is 5.38. The van der Waals surface area contributed by atoms with Gasteiger partial charge in [-0.15, -0.1) is 0 Å². The topological polar surface area (TPSA) is 117 Å². The van der Waals surface area contributed by atoms with E-state index in [1.54, 1.807) is 12.1 Å². The van der Waals surface area contributed by atoms with Crippen molar-refractivity contribution in [1.29, 1.82) is 0 Å². The molecule has 8 heteroatoms. The minimum atomic E-state index is -0.957. The van der Waals surface area contributed by atoms with Crippen molar-refractivity contribution in [1.82, 2.24) is 15.5 Å². The molecule has 0 bridgehead atoms. The maximum absolute atomic E-state index is 11.6. The van der Waals surface area contributed by atoms with E-state index in [1.165, 1.54) is 0 Å². The monoisotopic (exact) mass is 332 g/mol. The molecule has 0 unspecified atom stereocenters. The molecular formula is C16H20N4O4. The van der Waals surface area contributed by atoms with Crippen LogP contribution in [0.1, 0.15) is 43.5 Å². The number of carbonyl (C=O) groups excluding carboxylic acids is 1. The van der Waals surface area contributed by atoms with E-state index in [-0.39, 0.29) is 18.9 Å². The Balaban J connectivity index is 1.85. The van der Waals surface area contributed by atoms with Crippen LogP contribution in [0, 0.1) is 0 Å². The molecule has 3 N–H and O–H groups in total. The number of aliphatic carboxylic acids is 1. The van der Waals surface area contributed by atoms with Crippen LogP contribution in [-0.4, -0.2) is 33.8 Å². The molecule has 24 heavy (non-hydrogen) atoms. The lowest BCUT2D eigenvalue weighted by Crippen LogP contribution is -2.30. The van der Waals surface area contributed by atoms with Gasteiger partial charge in [0, 0.05) is 18.2 Å². The number of rotatable bonds is 7. The minimum absolute atomic E-state index is 0.0780. The van der Waals surface area contributed by atoms with Gasteiger partial charge < -0.3 is 20.3 Å². The number of aromatic nitrogens is 2. The highest BCUT2D eigenvalue weighted by molar-refractivity contribution is 5.89. The Kier molecular flexibility index (Phi) is 5.89. The van der Waals surface area contributed by atoms with E-state index >= 15 is 0 Å². The minimum Gasteiger partial charge on any atom is -0.481 e. The van der Waals surface area contributed by atoms with Crippen molar-refractivity contribution in [3.05, 3.63) is 41.5 Å². The van der Waals surface area contributed by atoms with Crippen molar-refractivity contribution in [3.63, 3.8) is 0 Å². The first-order valence-electron chi connectivity index (χ1n) is 7.62. The lowest BCUT2D eigenvalue weighted by atomic mass is 10.1. The van der Waals surface area contributed by atoms with Gasteiger partial charge in [-0.3, -0.25) is 4.79 Å². The average molecular weight is 332 g/mol. The first-order valence-corrected chi connectivity index (χ1v) is 7.62. The number of anilines is 1. The average Bonchev–Trinajstić information content (AvgIpc) is 2.97. The quantitative estimate of drug-likeness (QED) is 0.716. The number of benzene rings is 1. The number of hydrogen-bond donors (Lipinski definition) is 3. The highest BCUT2D eigenvalue weighted by Gasteiger charge is 2.10. The van der Waals surface area contributed by atoms with Gasteiger partial charge in [0.15, 0.2) is 5.82 Å². The molecule has 0 spiro atoms. The van der Waals surface area contributed by atoms with Crippen molar-refractivity contribution in [3.8, 4) is 0 Å². The Bertz CT molecular complexity index is 694. The third-order valence-corrected chi connectivity index (χ3v) is 3.19. The summed E-state index contributed by atoms with van der Waals surface area (Å²) in [6, 6.07) is 6.78. The zero-order valence-corrected chi connectivity index (χ0v) is 13.6. The predicted molar refractivity (Wildman–Crippen MR) is 86.9 cm³/mol. The van der Waals surface area contributed by atoms with Gasteiger partial charge in [0.1, 0.15) is 0 Å². The van der Waals surface area contributed by atoms with E-state index in [2.05, 4.69) is 20.8 Å². The van der Waals surface area contributed by atoms with Gasteiger partial charge in [-0.25, -0.2) is 4.79 Å². The fourth-order valence-electron chi connectivity index (χ4n) is 1.91. The number of nitrogens with one attached hydrogen (secondary N) is 2.